The molecule has 0 aliphatic heterocycles. The van der Waals surface area contributed by atoms with Crippen molar-refractivity contribution in [2.75, 3.05) is 12.4 Å². The smallest absolute Gasteiger partial charge is 0.416 e. The fourth-order valence-electron chi connectivity index (χ4n) is 3.25. The van der Waals surface area contributed by atoms with Gasteiger partial charge in [-0.3, -0.25) is 9.59 Å². The van der Waals surface area contributed by atoms with Crippen LogP contribution in [0.4, 0.5) is 18.9 Å². The molecular weight excluding hydrogens is 501 g/mol. The van der Waals surface area contributed by atoms with Crippen molar-refractivity contribution in [3.8, 4) is 17.6 Å². The Bertz CT molecular complexity index is 1370. The largest absolute Gasteiger partial charge is 0.493 e. The van der Waals surface area contributed by atoms with Crippen molar-refractivity contribution in [3.05, 3.63) is 89.0 Å². The summed E-state index contributed by atoms with van der Waals surface area (Å²) in [6, 6.07) is 18.4. The first kappa shape index (κ1) is 27.7. The number of rotatable bonds is 10. The molecule has 3 aromatic rings. The second-order valence-corrected chi connectivity index (χ2v) is 7.89. The van der Waals surface area contributed by atoms with Crippen LogP contribution >= 0.6 is 0 Å². The Hall–Kier alpha value is -4.85. The van der Waals surface area contributed by atoms with Gasteiger partial charge in [0.25, 0.3) is 0 Å². The van der Waals surface area contributed by atoms with Crippen LogP contribution in [-0.4, -0.2) is 25.1 Å². The predicted molar refractivity (Wildman–Crippen MR) is 134 cm³/mol. The molecule has 0 heterocycles. The number of carbonyl (C=O) groups excluding carboxylic acids is 2. The summed E-state index contributed by atoms with van der Waals surface area (Å²) in [6.45, 7) is 0.172. The van der Waals surface area contributed by atoms with Crippen molar-refractivity contribution in [1.82, 2.24) is 5.43 Å². The Morgan fingerprint density at radius 3 is 2.50 bits per heavy atom. The number of nitriles is 1. The standard InChI is InChI=1S/C27H23F3N4O4/c1-37-24-13-18(9-10-23(24)38-17-20-6-3-2-5-19(20)15-31)16-32-34-26(36)12-11-25(35)33-22-8-4-7-21(14-22)27(28,29)30/h2-10,13-14,16H,11-12,17H2,1H3,(H,33,35)(H,34,36). The summed E-state index contributed by atoms with van der Waals surface area (Å²) in [5.41, 5.74) is 3.22. The number of methoxy groups -OCH3 is 1. The molecule has 0 radical (unpaired) electrons. The van der Waals surface area contributed by atoms with Gasteiger partial charge in [-0.2, -0.15) is 23.5 Å². The maximum absolute atomic E-state index is 12.8. The maximum Gasteiger partial charge on any atom is 0.416 e. The summed E-state index contributed by atoms with van der Waals surface area (Å²) >= 11 is 0. The van der Waals surface area contributed by atoms with E-state index in [1.807, 2.05) is 6.07 Å². The monoisotopic (exact) mass is 524 g/mol. The number of carbonyl (C=O) groups is 2. The lowest BCUT2D eigenvalue weighted by Gasteiger charge is -2.12. The Morgan fingerprint density at radius 2 is 1.76 bits per heavy atom. The molecule has 0 spiro atoms. The summed E-state index contributed by atoms with van der Waals surface area (Å²) in [4.78, 5) is 24.0. The molecule has 3 rings (SSSR count). The molecule has 0 aliphatic rings. The molecule has 3 aromatic carbocycles. The number of ether oxygens (including phenoxy) is 2. The third-order valence-corrected chi connectivity index (χ3v) is 5.16. The molecule has 38 heavy (non-hydrogen) atoms. The second kappa shape index (κ2) is 12.9. The summed E-state index contributed by atoms with van der Waals surface area (Å²) in [5, 5.41) is 15.4. The van der Waals surface area contributed by atoms with Crippen LogP contribution in [0.3, 0.4) is 0 Å². The highest BCUT2D eigenvalue weighted by molar-refractivity contribution is 5.93. The highest BCUT2D eigenvalue weighted by Crippen LogP contribution is 2.31. The van der Waals surface area contributed by atoms with Gasteiger partial charge in [-0.05, 0) is 48.0 Å². The normalized spacial score (nSPS) is 11.0. The molecule has 0 atom stereocenters. The van der Waals surface area contributed by atoms with Crippen LogP contribution < -0.4 is 20.2 Å². The number of alkyl halides is 3. The minimum absolute atomic E-state index is 0.0149. The van der Waals surface area contributed by atoms with Gasteiger partial charge in [0.2, 0.25) is 11.8 Å². The third-order valence-electron chi connectivity index (χ3n) is 5.16. The number of halogens is 3. The van der Waals surface area contributed by atoms with E-state index < -0.39 is 23.6 Å². The number of hydrogen-bond donors (Lipinski definition) is 2. The first-order valence-electron chi connectivity index (χ1n) is 11.3. The quantitative estimate of drug-likeness (QED) is 0.285. The first-order chi connectivity index (χ1) is 18.2. The lowest BCUT2D eigenvalue weighted by Crippen LogP contribution is -2.20. The summed E-state index contributed by atoms with van der Waals surface area (Å²) in [5.74, 6) is -0.293. The molecule has 0 bridgehead atoms. The Morgan fingerprint density at radius 1 is 1.00 bits per heavy atom. The first-order valence-corrected chi connectivity index (χ1v) is 11.3. The van der Waals surface area contributed by atoms with E-state index in [0.717, 1.165) is 17.7 Å². The van der Waals surface area contributed by atoms with E-state index in [2.05, 4.69) is 21.9 Å². The van der Waals surface area contributed by atoms with Crippen molar-refractivity contribution in [1.29, 1.82) is 5.26 Å². The van der Waals surface area contributed by atoms with E-state index >= 15 is 0 Å². The predicted octanol–water partition coefficient (Wildman–Crippen LogP) is 5.03. The third kappa shape index (κ3) is 8.09. The van der Waals surface area contributed by atoms with Gasteiger partial charge in [-0.1, -0.05) is 24.3 Å². The SMILES string of the molecule is COc1cc(C=NNC(=O)CCC(=O)Nc2cccc(C(F)(F)F)c2)ccc1OCc1ccccc1C#N. The number of amides is 2. The summed E-state index contributed by atoms with van der Waals surface area (Å²) < 4.78 is 49.5. The number of nitrogens with zero attached hydrogens (tertiary/aromatic N) is 2. The van der Waals surface area contributed by atoms with Crippen LogP contribution in [0, 0.1) is 11.3 Å². The molecule has 0 fully saturated rings. The number of hydrazone groups is 1. The van der Waals surface area contributed by atoms with Crippen LogP contribution in [-0.2, 0) is 22.4 Å². The molecule has 0 aliphatic carbocycles. The Labute approximate surface area is 216 Å². The lowest BCUT2D eigenvalue weighted by molar-refractivity contribution is -0.137. The molecule has 0 unspecified atom stereocenters. The van der Waals surface area contributed by atoms with Crippen LogP contribution in [0.25, 0.3) is 0 Å². The van der Waals surface area contributed by atoms with Gasteiger partial charge < -0.3 is 14.8 Å². The zero-order valence-corrected chi connectivity index (χ0v) is 20.2. The minimum Gasteiger partial charge on any atom is -0.493 e. The average Bonchev–Trinajstić information content (AvgIpc) is 2.91. The average molecular weight is 524 g/mol. The van der Waals surface area contributed by atoms with Gasteiger partial charge in [0, 0.05) is 24.1 Å². The zero-order chi connectivity index (χ0) is 27.5. The molecule has 0 saturated carbocycles. The van der Waals surface area contributed by atoms with Crippen LogP contribution in [0.2, 0.25) is 0 Å². The topological polar surface area (TPSA) is 113 Å². The van der Waals surface area contributed by atoms with E-state index in [-0.39, 0.29) is 25.1 Å². The highest BCUT2D eigenvalue weighted by atomic mass is 19.4. The van der Waals surface area contributed by atoms with Crippen molar-refractivity contribution < 1.29 is 32.2 Å². The van der Waals surface area contributed by atoms with Gasteiger partial charge >= 0.3 is 6.18 Å². The molecule has 2 N–H and O–H groups in total. The van der Waals surface area contributed by atoms with Crippen molar-refractivity contribution in [2.45, 2.75) is 25.6 Å². The van der Waals surface area contributed by atoms with E-state index in [4.69, 9.17) is 9.47 Å². The molecule has 2 amide bonds. The van der Waals surface area contributed by atoms with E-state index in [0.29, 0.717) is 22.6 Å². The second-order valence-electron chi connectivity index (χ2n) is 7.89. The molecule has 0 saturated heterocycles. The van der Waals surface area contributed by atoms with Gasteiger partial charge in [0.05, 0.1) is 30.5 Å². The number of anilines is 1. The molecule has 196 valence electrons. The number of benzene rings is 3. The summed E-state index contributed by atoms with van der Waals surface area (Å²) in [6.07, 6.45) is -3.62. The van der Waals surface area contributed by atoms with E-state index in [1.54, 1.807) is 36.4 Å². The zero-order valence-electron chi connectivity index (χ0n) is 20.2. The minimum atomic E-state index is -4.53. The van der Waals surface area contributed by atoms with Gasteiger partial charge in [-0.15, -0.1) is 0 Å². The van der Waals surface area contributed by atoms with Gasteiger partial charge in [0.15, 0.2) is 11.5 Å². The van der Waals surface area contributed by atoms with Gasteiger partial charge in [-0.25, -0.2) is 5.43 Å². The summed E-state index contributed by atoms with van der Waals surface area (Å²) in [7, 11) is 1.47. The van der Waals surface area contributed by atoms with Crippen LogP contribution in [0.15, 0.2) is 71.8 Å². The fourth-order valence-corrected chi connectivity index (χ4v) is 3.25. The van der Waals surface area contributed by atoms with Crippen molar-refractivity contribution >= 4 is 23.7 Å². The fraction of sp³-hybridized carbons (Fsp3) is 0.185. The van der Waals surface area contributed by atoms with Gasteiger partial charge in [0.1, 0.15) is 6.61 Å². The Balaban J connectivity index is 1.48. The lowest BCUT2D eigenvalue weighted by atomic mass is 10.1. The maximum atomic E-state index is 12.8. The Kier molecular flexibility index (Phi) is 9.42. The van der Waals surface area contributed by atoms with Crippen molar-refractivity contribution in [3.63, 3.8) is 0 Å². The highest BCUT2D eigenvalue weighted by Gasteiger charge is 2.30. The number of nitrogens with one attached hydrogen (secondary N) is 2. The van der Waals surface area contributed by atoms with Crippen molar-refractivity contribution in [2.24, 2.45) is 5.10 Å². The molecule has 8 nitrogen and oxygen atoms in total. The van der Waals surface area contributed by atoms with E-state index in [9.17, 15) is 28.0 Å². The van der Waals surface area contributed by atoms with Crippen LogP contribution in [0.5, 0.6) is 11.5 Å². The molecule has 0 aromatic heterocycles. The molecule has 11 heteroatoms. The van der Waals surface area contributed by atoms with E-state index in [1.165, 1.54) is 25.5 Å². The number of hydrogen-bond acceptors (Lipinski definition) is 6. The van der Waals surface area contributed by atoms with Crippen LogP contribution in [0.1, 0.15) is 35.1 Å². The molecular formula is C27H23F3N4O4.